The molecule has 0 bridgehead atoms. The highest BCUT2D eigenvalue weighted by atomic mass is 19.3. The number of fused-ring (bicyclic) bond motifs is 3. The van der Waals surface area contributed by atoms with Gasteiger partial charge in [0.2, 0.25) is 0 Å². The molecular formula is C28H35F3O. The van der Waals surface area contributed by atoms with Gasteiger partial charge in [0.25, 0.3) is 0 Å². The molecule has 2 aromatic rings. The first-order valence-electron chi connectivity index (χ1n) is 12.5. The molecule has 1 saturated carbocycles. The Balaban J connectivity index is 1.58. The van der Waals surface area contributed by atoms with Gasteiger partial charge in [0.05, 0.1) is 5.56 Å². The fraction of sp³-hybridized carbons (Fsp3) is 0.571. The number of halogens is 3. The topological polar surface area (TPSA) is 9.23 Å². The summed E-state index contributed by atoms with van der Waals surface area (Å²) in [5.74, 6) is 0.141. The van der Waals surface area contributed by atoms with Gasteiger partial charge < -0.3 is 4.74 Å². The van der Waals surface area contributed by atoms with Gasteiger partial charge in [-0.2, -0.15) is 8.78 Å². The van der Waals surface area contributed by atoms with Crippen LogP contribution in [0.3, 0.4) is 0 Å². The lowest BCUT2D eigenvalue weighted by Crippen LogP contribution is -2.28. The molecule has 0 N–H and O–H groups in total. The summed E-state index contributed by atoms with van der Waals surface area (Å²) in [5, 5.41) is 0. The van der Waals surface area contributed by atoms with E-state index in [0.29, 0.717) is 29.0 Å². The molecule has 32 heavy (non-hydrogen) atoms. The van der Waals surface area contributed by atoms with Crippen molar-refractivity contribution in [2.24, 2.45) is 5.92 Å². The number of alkyl halides is 2. The molecule has 0 spiro atoms. The first kappa shape index (κ1) is 23.2. The monoisotopic (exact) mass is 444 g/mol. The quantitative estimate of drug-likeness (QED) is 0.369. The lowest BCUT2D eigenvalue weighted by Gasteiger charge is -2.32. The summed E-state index contributed by atoms with van der Waals surface area (Å²) in [7, 11) is 0. The Morgan fingerprint density at radius 1 is 0.906 bits per heavy atom. The molecule has 2 aliphatic rings. The van der Waals surface area contributed by atoms with Gasteiger partial charge in [0, 0.05) is 5.56 Å². The minimum Gasteiger partial charge on any atom is -0.425 e. The van der Waals surface area contributed by atoms with Crippen molar-refractivity contribution >= 4 is 0 Å². The molecule has 1 fully saturated rings. The number of rotatable bonds is 8. The third-order valence-electron chi connectivity index (χ3n) is 7.39. The van der Waals surface area contributed by atoms with E-state index in [2.05, 4.69) is 13.8 Å². The molecule has 0 atom stereocenters. The van der Waals surface area contributed by atoms with Gasteiger partial charge >= 0.3 is 6.11 Å². The SMILES string of the molecule is CCCCCc1ccc2c(c1F)OC(F)(F)c1cc(C3CCC(CCCC)CC3)ccc1-2. The molecule has 4 rings (SSSR count). The maximum absolute atomic E-state index is 15.1. The van der Waals surface area contributed by atoms with E-state index < -0.39 is 11.9 Å². The van der Waals surface area contributed by atoms with Crippen molar-refractivity contribution in [3.05, 3.63) is 52.8 Å². The Kier molecular flexibility index (Phi) is 7.17. The Morgan fingerprint density at radius 3 is 2.34 bits per heavy atom. The first-order chi connectivity index (χ1) is 15.4. The fourth-order valence-corrected chi connectivity index (χ4v) is 5.42. The molecule has 0 aromatic heterocycles. The van der Waals surface area contributed by atoms with Crippen LogP contribution in [-0.2, 0) is 12.5 Å². The van der Waals surface area contributed by atoms with E-state index in [4.69, 9.17) is 4.74 Å². The van der Waals surface area contributed by atoms with Crippen LogP contribution in [0.25, 0.3) is 11.1 Å². The highest BCUT2D eigenvalue weighted by Gasteiger charge is 2.44. The van der Waals surface area contributed by atoms with E-state index in [9.17, 15) is 0 Å². The van der Waals surface area contributed by atoms with Crippen LogP contribution in [-0.4, -0.2) is 0 Å². The van der Waals surface area contributed by atoms with Gasteiger partial charge in [0.15, 0.2) is 11.6 Å². The maximum Gasteiger partial charge on any atom is 0.427 e. The lowest BCUT2D eigenvalue weighted by molar-refractivity contribution is -0.188. The molecular weight excluding hydrogens is 409 g/mol. The Hall–Kier alpha value is -1.97. The summed E-state index contributed by atoms with van der Waals surface area (Å²) in [6.45, 7) is 4.30. The van der Waals surface area contributed by atoms with E-state index in [1.54, 1.807) is 24.3 Å². The highest BCUT2D eigenvalue weighted by molar-refractivity contribution is 5.77. The van der Waals surface area contributed by atoms with E-state index >= 15 is 13.2 Å². The summed E-state index contributed by atoms with van der Waals surface area (Å²) in [6.07, 6.45) is 8.07. The Morgan fingerprint density at radius 2 is 1.62 bits per heavy atom. The second-order valence-electron chi connectivity index (χ2n) is 9.66. The van der Waals surface area contributed by atoms with E-state index in [1.165, 1.54) is 32.1 Å². The molecule has 0 saturated heterocycles. The molecule has 0 unspecified atom stereocenters. The van der Waals surface area contributed by atoms with Gasteiger partial charge in [-0.1, -0.05) is 70.2 Å². The van der Waals surface area contributed by atoms with Crippen LogP contribution in [0.5, 0.6) is 5.75 Å². The highest BCUT2D eigenvalue weighted by Crippen LogP contribution is 2.50. The van der Waals surface area contributed by atoms with Gasteiger partial charge in [-0.15, -0.1) is 0 Å². The van der Waals surface area contributed by atoms with Crippen LogP contribution in [0.15, 0.2) is 30.3 Å². The van der Waals surface area contributed by atoms with Crippen LogP contribution in [0, 0.1) is 11.7 Å². The zero-order chi connectivity index (χ0) is 22.7. The second-order valence-corrected chi connectivity index (χ2v) is 9.66. The van der Waals surface area contributed by atoms with Crippen LogP contribution in [0.2, 0.25) is 0 Å². The van der Waals surface area contributed by atoms with Crippen molar-refractivity contribution in [3.63, 3.8) is 0 Å². The van der Waals surface area contributed by atoms with Gasteiger partial charge in [-0.3, -0.25) is 0 Å². The van der Waals surface area contributed by atoms with Crippen LogP contribution in [0.4, 0.5) is 13.2 Å². The lowest BCUT2D eigenvalue weighted by atomic mass is 9.76. The number of hydrogen-bond acceptors (Lipinski definition) is 1. The number of unbranched alkanes of at least 4 members (excludes halogenated alkanes) is 3. The molecule has 1 aliphatic heterocycles. The fourth-order valence-electron chi connectivity index (χ4n) is 5.42. The summed E-state index contributed by atoms with van der Waals surface area (Å²) < 4.78 is 50.2. The second kappa shape index (κ2) is 9.89. The molecule has 0 amide bonds. The number of benzene rings is 2. The molecule has 2 aromatic carbocycles. The summed E-state index contributed by atoms with van der Waals surface area (Å²) in [4.78, 5) is 0. The van der Waals surface area contributed by atoms with Crippen molar-refractivity contribution in [2.45, 2.75) is 96.5 Å². The van der Waals surface area contributed by atoms with Gasteiger partial charge in [-0.25, -0.2) is 4.39 Å². The average Bonchev–Trinajstić information content (AvgIpc) is 2.80. The van der Waals surface area contributed by atoms with E-state index in [-0.39, 0.29) is 11.3 Å². The molecule has 0 radical (unpaired) electrons. The number of aryl methyl sites for hydroxylation is 1. The Bertz CT molecular complexity index is 929. The van der Waals surface area contributed by atoms with Crippen molar-refractivity contribution in [3.8, 4) is 16.9 Å². The van der Waals surface area contributed by atoms with Crippen molar-refractivity contribution in [1.29, 1.82) is 0 Å². The van der Waals surface area contributed by atoms with E-state index in [0.717, 1.165) is 43.6 Å². The molecule has 4 heteroatoms. The smallest absolute Gasteiger partial charge is 0.425 e. The third kappa shape index (κ3) is 4.70. The zero-order valence-corrected chi connectivity index (χ0v) is 19.4. The number of hydrogen-bond donors (Lipinski definition) is 0. The molecule has 174 valence electrons. The average molecular weight is 445 g/mol. The number of ether oxygens (including phenoxy) is 1. The Labute approximate surface area is 190 Å². The maximum atomic E-state index is 15.1. The van der Waals surface area contributed by atoms with Crippen molar-refractivity contribution < 1.29 is 17.9 Å². The predicted molar refractivity (Wildman–Crippen MR) is 124 cm³/mol. The van der Waals surface area contributed by atoms with Crippen molar-refractivity contribution in [1.82, 2.24) is 0 Å². The van der Waals surface area contributed by atoms with Crippen LogP contribution >= 0.6 is 0 Å². The van der Waals surface area contributed by atoms with Gasteiger partial charge in [0.1, 0.15) is 0 Å². The first-order valence-corrected chi connectivity index (χ1v) is 12.5. The molecule has 1 nitrogen and oxygen atoms in total. The zero-order valence-electron chi connectivity index (χ0n) is 19.4. The minimum absolute atomic E-state index is 0.131. The van der Waals surface area contributed by atoms with Gasteiger partial charge in [-0.05, 0) is 73.1 Å². The standard InChI is InChI=1S/C28H35F3O/c1-3-5-7-9-21-14-17-24-23-16-15-22(20-12-10-19(11-13-20)8-6-4-2)18-25(23)28(30,31)32-27(24)26(21)29/h14-20H,3-13H2,1-2H3. The normalized spacial score (nSPS) is 21.5. The predicted octanol–water partition coefficient (Wildman–Crippen LogP) is 9.13. The van der Waals surface area contributed by atoms with Crippen LogP contribution < -0.4 is 4.74 Å². The van der Waals surface area contributed by atoms with Crippen molar-refractivity contribution in [2.75, 3.05) is 0 Å². The summed E-state index contributed by atoms with van der Waals surface area (Å²) in [6, 6.07) is 8.80. The van der Waals surface area contributed by atoms with Crippen LogP contribution in [0.1, 0.15) is 101 Å². The third-order valence-corrected chi connectivity index (χ3v) is 7.39. The van der Waals surface area contributed by atoms with E-state index in [1.807, 2.05) is 6.07 Å². The molecule has 1 heterocycles. The summed E-state index contributed by atoms with van der Waals surface area (Å²) in [5.41, 5.74) is 2.09. The summed E-state index contributed by atoms with van der Waals surface area (Å²) >= 11 is 0. The largest absolute Gasteiger partial charge is 0.427 e. The minimum atomic E-state index is -3.53. The molecule has 1 aliphatic carbocycles.